The van der Waals surface area contributed by atoms with Crippen LogP contribution in [0.25, 0.3) is 0 Å². The molecular formula is C19H16F6N2O3. The van der Waals surface area contributed by atoms with Crippen molar-refractivity contribution in [3.8, 4) is 11.5 Å². The monoisotopic (exact) mass is 434 g/mol. The molecule has 2 rings (SSSR count). The second-order valence-corrected chi connectivity index (χ2v) is 6.00. The van der Waals surface area contributed by atoms with Crippen molar-refractivity contribution < 1.29 is 40.6 Å². The zero-order chi connectivity index (χ0) is 22.7. The normalized spacial score (nSPS) is 12.5. The Labute approximate surface area is 167 Å². The highest BCUT2D eigenvalue weighted by molar-refractivity contribution is 6.03. The molecule has 162 valence electrons. The lowest BCUT2D eigenvalue weighted by Gasteiger charge is -2.14. The first kappa shape index (κ1) is 23.0. The summed E-state index contributed by atoms with van der Waals surface area (Å²) in [6.45, 7) is 1.46. The van der Waals surface area contributed by atoms with Crippen LogP contribution in [0.15, 0.2) is 41.5 Å². The first-order chi connectivity index (χ1) is 13.9. The molecule has 0 atom stereocenters. The molecule has 0 aliphatic carbocycles. The molecule has 1 N–H and O–H groups in total. The molecule has 1 amide bonds. The van der Waals surface area contributed by atoms with Gasteiger partial charge in [-0.3, -0.25) is 4.79 Å². The number of nitrogens with zero attached hydrogens (tertiary/aromatic N) is 1. The third-order valence-electron chi connectivity index (χ3n) is 3.97. The Balaban J connectivity index is 2.38. The maximum Gasteiger partial charge on any atom is 0.416 e. The van der Waals surface area contributed by atoms with Gasteiger partial charge >= 0.3 is 12.4 Å². The number of hydrogen-bond donors (Lipinski definition) is 1. The molecular weight excluding hydrogens is 418 g/mol. The Hall–Kier alpha value is -3.24. The Morgan fingerprint density at radius 1 is 0.900 bits per heavy atom. The number of amides is 1. The number of carbonyl (C=O) groups excluding carboxylic acids is 1. The highest BCUT2D eigenvalue weighted by Gasteiger charge is 2.37. The van der Waals surface area contributed by atoms with Gasteiger partial charge in [0.25, 0.3) is 5.91 Å². The molecule has 2 aromatic rings. The van der Waals surface area contributed by atoms with Crippen LogP contribution in [0.4, 0.5) is 26.3 Å². The Kier molecular flexibility index (Phi) is 6.63. The van der Waals surface area contributed by atoms with Crippen LogP contribution < -0.4 is 14.9 Å². The van der Waals surface area contributed by atoms with Gasteiger partial charge in [0.1, 0.15) is 11.5 Å². The lowest BCUT2D eigenvalue weighted by Crippen LogP contribution is -2.21. The van der Waals surface area contributed by atoms with Crippen molar-refractivity contribution in [2.75, 3.05) is 14.2 Å². The molecule has 0 aliphatic heterocycles. The molecule has 0 bridgehead atoms. The second-order valence-electron chi connectivity index (χ2n) is 6.00. The molecule has 5 nitrogen and oxygen atoms in total. The number of methoxy groups -OCH3 is 2. The van der Waals surface area contributed by atoms with E-state index in [4.69, 9.17) is 9.47 Å². The lowest BCUT2D eigenvalue weighted by atomic mass is 10.0. The minimum Gasteiger partial charge on any atom is -0.497 e. The molecule has 0 saturated carbocycles. The number of halogens is 6. The van der Waals surface area contributed by atoms with Crippen LogP contribution in [0, 0.1) is 0 Å². The van der Waals surface area contributed by atoms with Crippen LogP contribution in [-0.2, 0) is 12.4 Å². The summed E-state index contributed by atoms with van der Waals surface area (Å²) < 4.78 is 87.9. The summed E-state index contributed by atoms with van der Waals surface area (Å²) in [5, 5.41) is 3.76. The molecule has 0 spiro atoms. The zero-order valence-electron chi connectivity index (χ0n) is 15.9. The molecule has 0 unspecified atom stereocenters. The van der Waals surface area contributed by atoms with Gasteiger partial charge in [-0.25, -0.2) is 5.43 Å². The van der Waals surface area contributed by atoms with Crippen LogP contribution in [0.5, 0.6) is 11.5 Å². The highest BCUT2D eigenvalue weighted by atomic mass is 19.4. The van der Waals surface area contributed by atoms with E-state index in [-0.39, 0.29) is 11.8 Å². The van der Waals surface area contributed by atoms with Crippen molar-refractivity contribution in [3.05, 3.63) is 58.7 Å². The van der Waals surface area contributed by atoms with Gasteiger partial charge < -0.3 is 9.47 Å². The highest BCUT2D eigenvalue weighted by Crippen LogP contribution is 2.36. The standard InChI is InChI=1S/C19H16F6N2O3/c1-10(15-9-14(29-2)4-5-16(15)30-3)26-27-17(28)11-6-12(18(20,21)22)8-13(7-11)19(23,24)25/h4-9H,1-3H3,(H,27,28)/b26-10+. The van der Waals surface area contributed by atoms with Crippen LogP contribution in [-0.4, -0.2) is 25.8 Å². The van der Waals surface area contributed by atoms with Crippen molar-refractivity contribution in [2.45, 2.75) is 19.3 Å². The molecule has 0 fully saturated rings. The van der Waals surface area contributed by atoms with E-state index in [1.807, 2.05) is 5.43 Å². The topological polar surface area (TPSA) is 59.9 Å². The molecule has 0 aromatic heterocycles. The third-order valence-corrected chi connectivity index (χ3v) is 3.97. The van der Waals surface area contributed by atoms with E-state index < -0.39 is 35.0 Å². The number of nitrogens with one attached hydrogen (secondary N) is 1. The average Bonchev–Trinajstić information content (AvgIpc) is 2.69. The van der Waals surface area contributed by atoms with Gasteiger partial charge in [-0.05, 0) is 43.3 Å². The summed E-state index contributed by atoms with van der Waals surface area (Å²) in [5.41, 5.74) is -1.50. The first-order valence-electron chi connectivity index (χ1n) is 8.23. The van der Waals surface area contributed by atoms with Crippen molar-refractivity contribution in [2.24, 2.45) is 5.10 Å². The smallest absolute Gasteiger partial charge is 0.416 e. The third kappa shape index (κ3) is 5.43. The fourth-order valence-electron chi connectivity index (χ4n) is 2.44. The van der Waals surface area contributed by atoms with Gasteiger partial charge in [-0.2, -0.15) is 31.4 Å². The second kappa shape index (κ2) is 8.64. The number of hydrazone groups is 1. The lowest BCUT2D eigenvalue weighted by molar-refractivity contribution is -0.143. The van der Waals surface area contributed by atoms with Crippen molar-refractivity contribution in [3.63, 3.8) is 0 Å². The molecule has 2 aromatic carbocycles. The van der Waals surface area contributed by atoms with Gasteiger partial charge in [0.05, 0.1) is 31.1 Å². The molecule has 0 saturated heterocycles. The molecule has 0 heterocycles. The van der Waals surface area contributed by atoms with Gasteiger partial charge in [0.15, 0.2) is 0 Å². The van der Waals surface area contributed by atoms with E-state index in [0.29, 0.717) is 29.2 Å². The predicted octanol–water partition coefficient (Wildman–Crippen LogP) is 4.90. The van der Waals surface area contributed by atoms with Crippen molar-refractivity contribution in [1.82, 2.24) is 5.43 Å². The largest absolute Gasteiger partial charge is 0.497 e. The fourth-order valence-corrected chi connectivity index (χ4v) is 2.44. The van der Waals surface area contributed by atoms with Gasteiger partial charge in [0, 0.05) is 11.1 Å². The Morgan fingerprint density at radius 3 is 1.93 bits per heavy atom. The number of benzene rings is 2. The Bertz CT molecular complexity index is 935. The number of carbonyl (C=O) groups is 1. The molecule has 0 aliphatic rings. The summed E-state index contributed by atoms with van der Waals surface area (Å²) in [7, 11) is 2.81. The number of alkyl halides is 6. The van der Waals surface area contributed by atoms with Crippen LogP contribution >= 0.6 is 0 Å². The maximum absolute atomic E-state index is 12.9. The average molecular weight is 434 g/mol. The molecule has 30 heavy (non-hydrogen) atoms. The summed E-state index contributed by atoms with van der Waals surface area (Å²) in [4.78, 5) is 12.2. The van der Waals surface area contributed by atoms with E-state index in [1.165, 1.54) is 27.2 Å². The van der Waals surface area contributed by atoms with E-state index in [0.717, 1.165) is 0 Å². The quantitative estimate of drug-likeness (QED) is 0.414. The number of ether oxygens (including phenoxy) is 2. The first-order valence-corrected chi connectivity index (χ1v) is 8.23. The number of hydrogen-bond acceptors (Lipinski definition) is 4. The van der Waals surface area contributed by atoms with Gasteiger partial charge in [0.2, 0.25) is 0 Å². The number of rotatable bonds is 5. The van der Waals surface area contributed by atoms with Gasteiger partial charge in [-0.1, -0.05) is 0 Å². The molecule has 0 radical (unpaired) electrons. The Morgan fingerprint density at radius 2 is 1.47 bits per heavy atom. The van der Waals surface area contributed by atoms with Crippen molar-refractivity contribution in [1.29, 1.82) is 0 Å². The minimum absolute atomic E-state index is 0.0631. The van der Waals surface area contributed by atoms with Crippen LogP contribution in [0.1, 0.15) is 34.0 Å². The van der Waals surface area contributed by atoms with Crippen molar-refractivity contribution >= 4 is 11.6 Å². The fraction of sp³-hybridized carbons (Fsp3) is 0.263. The van der Waals surface area contributed by atoms with E-state index in [2.05, 4.69) is 5.10 Å². The van der Waals surface area contributed by atoms with E-state index in [1.54, 1.807) is 12.1 Å². The maximum atomic E-state index is 12.9. The van der Waals surface area contributed by atoms with Gasteiger partial charge in [-0.15, -0.1) is 0 Å². The van der Waals surface area contributed by atoms with Crippen LogP contribution in [0.2, 0.25) is 0 Å². The summed E-state index contributed by atoms with van der Waals surface area (Å²) >= 11 is 0. The summed E-state index contributed by atoms with van der Waals surface area (Å²) in [5.74, 6) is -0.433. The van der Waals surface area contributed by atoms with Crippen LogP contribution in [0.3, 0.4) is 0 Å². The zero-order valence-corrected chi connectivity index (χ0v) is 15.9. The molecule has 11 heteroatoms. The minimum atomic E-state index is -5.07. The SMILES string of the molecule is COc1ccc(OC)c(/C(C)=N/NC(=O)c2cc(C(F)(F)F)cc(C(F)(F)F)c2)c1. The van der Waals surface area contributed by atoms with E-state index >= 15 is 0 Å². The summed E-state index contributed by atoms with van der Waals surface area (Å²) in [6.07, 6.45) is -10.1. The predicted molar refractivity (Wildman–Crippen MR) is 95.7 cm³/mol. The summed E-state index contributed by atoms with van der Waals surface area (Å²) in [6, 6.07) is 5.29. The van der Waals surface area contributed by atoms with E-state index in [9.17, 15) is 31.1 Å².